The average Bonchev–Trinajstić information content (AvgIpc) is 2.77. The molecule has 1 saturated carbocycles. The van der Waals surface area contributed by atoms with Crippen molar-refractivity contribution in [3.63, 3.8) is 0 Å². The molecule has 0 aromatic heterocycles. The molecule has 2 rings (SSSR count). The van der Waals surface area contributed by atoms with Gasteiger partial charge in [-0.2, -0.15) is 0 Å². The Bertz CT molecular complexity index is 451. The third-order valence-corrected chi connectivity index (χ3v) is 3.46. The van der Waals surface area contributed by atoms with E-state index >= 15 is 0 Å². The molecule has 1 aromatic rings. The number of rotatable bonds is 3. The lowest BCUT2D eigenvalue weighted by molar-refractivity contribution is -0.141. The molecule has 3 heteroatoms. The van der Waals surface area contributed by atoms with E-state index in [2.05, 4.69) is 0 Å². The minimum atomic E-state index is -0.774. The lowest BCUT2D eigenvalue weighted by atomic mass is 9.94. The molecule has 0 aliphatic heterocycles. The largest absolute Gasteiger partial charge is 0.481 e. The van der Waals surface area contributed by atoms with Crippen LogP contribution in [0.5, 0.6) is 0 Å². The van der Waals surface area contributed by atoms with Gasteiger partial charge in [-0.15, -0.1) is 0 Å². The fourth-order valence-electron chi connectivity index (χ4n) is 2.48. The van der Waals surface area contributed by atoms with Crippen molar-refractivity contribution in [3.05, 3.63) is 35.4 Å². The molecule has 3 nitrogen and oxygen atoms in total. The van der Waals surface area contributed by atoms with Crippen LogP contribution in [0.3, 0.4) is 0 Å². The Morgan fingerprint density at radius 1 is 1.24 bits per heavy atom. The van der Waals surface area contributed by atoms with E-state index in [1.807, 2.05) is 31.2 Å². The van der Waals surface area contributed by atoms with Gasteiger partial charge in [-0.05, 0) is 32.3 Å². The summed E-state index contributed by atoms with van der Waals surface area (Å²) in [5, 5.41) is 8.92. The van der Waals surface area contributed by atoms with Crippen LogP contribution in [0.25, 0.3) is 0 Å². The van der Waals surface area contributed by atoms with E-state index in [0.717, 1.165) is 5.56 Å². The minimum absolute atomic E-state index is 0.0949. The molecular weight excluding hydrogens is 216 g/mol. The molecule has 1 aliphatic rings. The molecule has 0 heterocycles. The van der Waals surface area contributed by atoms with E-state index in [9.17, 15) is 9.59 Å². The van der Waals surface area contributed by atoms with Crippen molar-refractivity contribution in [2.75, 3.05) is 0 Å². The second kappa shape index (κ2) is 4.70. The molecule has 0 amide bonds. The zero-order valence-electron chi connectivity index (χ0n) is 9.85. The van der Waals surface area contributed by atoms with Crippen molar-refractivity contribution >= 4 is 11.8 Å². The van der Waals surface area contributed by atoms with Crippen LogP contribution >= 0.6 is 0 Å². The summed E-state index contributed by atoms with van der Waals surface area (Å²) in [7, 11) is 0. The summed E-state index contributed by atoms with van der Waals surface area (Å²) in [4.78, 5) is 23.0. The number of aliphatic carboxylic acids is 1. The minimum Gasteiger partial charge on any atom is -0.481 e. The Morgan fingerprint density at radius 3 is 2.53 bits per heavy atom. The maximum Gasteiger partial charge on any atom is 0.306 e. The lowest BCUT2D eigenvalue weighted by Crippen LogP contribution is -2.14. The van der Waals surface area contributed by atoms with Crippen molar-refractivity contribution in [3.8, 4) is 0 Å². The standard InChI is InChI=1S/C14H16O3/c1-9-3-2-4-10(7-9)13(15)11-5-6-12(8-11)14(16)17/h2-4,7,11-12H,5-6,8H2,1H3,(H,16,17)/t11-,12+/m0/s1. The van der Waals surface area contributed by atoms with Crippen molar-refractivity contribution in [2.45, 2.75) is 26.2 Å². The highest BCUT2D eigenvalue weighted by Crippen LogP contribution is 2.33. The predicted molar refractivity (Wildman–Crippen MR) is 64.0 cm³/mol. The second-order valence-corrected chi connectivity index (χ2v) is 4.78. The second-order valence-electron chi connectivity index (χ2n) is 4.78. The highest BCUT2D eigenvalue weighted by atomic mass is 16.4. The molecule has 0 spiro atoms. The fraction of sp³-hybridized carbons (Fsp3) is 0.429. The number of hydrogen-bond donors (Lipinski definition) is 1. The van der Waals surface area contributed by atoms with Crippen LogP contribution in [0.2, 0.25) is 0 Å². The SMILES string of the molecule is Cc1cccc(C(=O)[C@H]2CC[C@@H](C(=O)O)C2)c1. The summed E-state index contributed by atoms with van der Waals surface area (Å²) < 4.78 is 0. The van der Waals surface area contributed by atoms with Gasteiger partial charge < -0.3 is 5.11 Å². The van der Waals surface area contributed by atoms with Gasteiger partial charge in [-0.3, -0.25) is 9.59 Å². The molecule has 1 N–H and O–H groups in total. The fourth-order valence-corrected chi connectivity index (χ4v) is 2.48. The molecule has 1 aliphatic carbocycles. The number of carboxylic acid groups (broad SMARTS) is 1. The van der Waals surface area contributed by atoms with Gasteiger partial charge in [0.15, 0.2) is 5.78 Å². The molecule has 1 fully saturated rings. The Kier molecular flexibility index (Phi) is 3.27. The molecule has 0 radical (unpaired) electrons. The number of benzene rings is 1. The first-order valence-electron chi connectivity index (χ1n) is 5.91. The van der Waals surface area contributed by atoms with Gasteiger partial charge in [0.2, 0.25) is 0 Å². The van der Waals surface area contributed by atoms with E-state index in [1.54, 1.807) is 0 Å². The van der Waals surface area contributed by atoms with E-state index in [0.29, 0.717) is 24.8 Å². The highest BCUT2D eigenvalue weighted by Gasteiger charge is 2.34. The van der Waals surface area contributed by atoms with Gasteiger partial charge in [0.25, 0.3) is 0 Å². The first-order chi connectivity index (χ1) is 8.08. The van der Waals surface area contributed by atoms with Crippen LogP contribution in [0.1, 0.15) is 35.2 Å². The predicted octanol–water partition coefficient (Wildman–Crippen LogP) is 2.68. The Morgan fingerprint density at radius 2 is 1.94 bits per heavy atom. The van der Waals surface area contributed by atoms with Crippen LogP contribution in [-0.4, -0.2) is 16.9 Å². The summed E-state index contributed by atoms with van der Waals surface area (Å²) in [6.45, 7) is 1.95. The summed E-state index contributed by atoms with van der Waals surface area (Å²) in [6, 6.07) is 7.50. The summed E-state index contributed by atoms with van der Waals surface area (Å²) in [5.41, 5.74) is 1.77. The maximum absolute atomic E-state index is 12.2. The molecule has 0 unspecified atom stereocenters. The van der Waals surface area contributed by atoms with Crippen molar-refractivity contribution < 1.29 is 14.7 Å². The topological polar surface area (TPSA) is 54.4 Å². The van der Waals surface area contributed by atoms with Crippen molar-refractivity contribution in [1.82, 2.24) is 0 Å². The van der Waals surface area contributed by atoms with Gasteiger partial charge in [0, 0.05) is 11.5 Å². The molecule has 0 saturated heterocycles. The number of carbonyl (C=O) groups excluding carboxylic acids is 1. The smallest absolute Gasteiger partial charge is 0.306 e. The van der Waals surface area contributed by atoms with Crippen LogP contribution in [0, 0.1) is 18.8 Å². The van der Waals surface area contributed by atoms with Gasteiger partial charge >= 0.3 is 5.97 Å². The number of carboxylic acids is 1. The number of hydrogen-bond acceptors (Lipinski definition) is 2. The van der Waals surface area contributed by atoms with Crippen LogP contribution in [-0.2, 0) is 4.79 Å². The molecule has 0 bridgehead atoms. The molecule has 2 atom stereocenters. The van der Waals surface area contributed by atoms with Crippen molar-refractivity contribution in [1.29, 1.82) is 0 Å². The first kappa shape index (κ1) is 11.8. The van der Waals surface area contributed by atoms with Gasteiger partial charge in [-0.1, -0.05) is 23.8 Å². The highest BCUT2D eigenvalue weighted by molar-refractivity contribution is 5.98. The zero-order chi connectivity index (χ0) is 12.4. The molecule has 90 valence electrons. The van der Waals surface area contributed by atoms with Crippen LogP contribution in [0.4, 0.5) is 0 Å². The van der Waals surface area contributed by atoms with E-state index < -0.39 is 5.97 Å². The molecular formula is C14H16O3. The number of Topliss-reactive ketones (excluding diaryl/α,β-unsaturated/α-hetero) is 1. The third-order valence-electron chi connectivity index (χ3n) is 3.46. The number of aryl methyl sites for hydroxylation is 1. The molecule has 1 aromatic carbocycles. The Balaban J connectivity index is 2.09. The summed E-state index contributed by atoms with van der Waals surface area (Å²) in [5.74, 6) is -1.13. The normalized spacial score (nSPS) is 23.6. The first-order valence-corrected chi connectivity index (χ1v) is 5.91. The zero-order valence-corrected chi connectivity index (χ0v) is 9.85. The molecule has 17 heavy (non-hydrogen) atoms. The lowest BCUT2D eigenvalue weighted by Gasteiger charge is -2.09. The van der Waals surface area contributed by atoms with Gasteiger partial charge in [0.1, 0.15) is 0 Å². The van der Waals surface area contributed by atoms with E-state index in [4.69, 9.17) is 5.11 Å². The quantitative estimate of drug-likeness (QED) is 0.815. The number of carbonyl (C=O) groups is 2. The monoisotopic (exact) mass is 232 g/mol. The van der Waals surface area contributed by atoms with Crippen molar-refractivity contribution in [2.24, 2.45) is 11.8 Å². The van der Waals surface area contributed by atoms with E-state index in [1.165, 1.54) is 0 Å². The summed E-state index contributed by atoms with van der Waals surface area (Å²) >= 11 is 0. The van der Waals surface area contributed by atoms with Crippen LogP contribution < -0.4 is 0 Å². The maximum atomic E-state index is 12.2. The number of ketones is 1. The third kappa shape index (κ3) is 2.54. The van der Waals surface area contributed by atoms with Crippen LogP contribution in [0.15, 0.2) is 24.3 Å². The Hall–Kier alpha value is -1.64. The van der Waals surface area contributed by atoms with E-state index in [-0.39, 0.29) is 17.6 Å². The Labute approximate surface area is 100 Å². The van der Waals surface area contributed by atoms with Gasteiger partial charge in [-0.25, -0.2) is 0 Å². The van der Waals surface area contributed by atoms with Gasteiger partial charge in [0.05, 0.1) is 5.92 Å². The average molecular weight is 232 g/mol. The summed E-state index contributed by atoms with van der Waals surface area (Å²) in [6.07, 6.45) is 1.81.